The van der Waals surface area contributed by atoms with E-state index in [1.54, 1.807) is 12.1 Å². The predicted octanol–water partition coefficient (Wildman–Crippen LogP) is 1.50. The molecule has 1 saturated carbocycles. The highest BCUT2D eigenvalue weighted by Crippen LogP contribution is 2.36. The van der Waals surface area contributed by atoms with Crippen LogP contribution in [0.25, 0.3) is 0 Å². The van der Waals surface area contributed by atoms with E-state index in [2.05, 4.69) is 5.32 Å². The van der Waals surface area contributed by atoms with Crippen molar-refractivity contribution in [3.63, 3.8) is 0 Å². The van der Waals surface area contributed by atoms with Crippen LogP contribution in [0.2, 0.25) is 0 Å². The predicted molar refractivity (Wildman–Crippen MR) is 72.1 cm³/mol. The Morgan fingerprint density at radius 1 is 1.30 bits per heavy atom. The van der Waals surface area contributed by atoms with Gasteiger partial charge in [0, 0.05) is 6.54 Å². The molecule has 110 valence electrons. The van der Waals surface area contributed by atoms with Gasteiger partial charge in [0.05, 0.1) is 12.0 Å². The fourth-order valence-electron chi connectivity index (χ4n) is 2.64. The molecule has 6 heteroatoms. The molecule has 1 aliphatic carbocycles. The molecule has 1 heterocycles. The van der Waals surface area contributed by atoms with Gasteiger partial charge in [-0.05, 0) is 25.0 Å². The monoisotopic (exact) mass is 280 g/mol. The maximum absolute atomic E-state index is 11.9. The van der Waals surface area contributed by atoms with Crippen molar-refractivity contribution in [2.45, 2.75) is 38.6 Å². The van der Waals surface area contributed by atoms with Gasteiger partial charge in [0.2, 0.25) is 0 Å². The van der Waals surface area contributed by atoms with E-state index < -0.39 is 17.3 Å². The maximum Gasteiger partial charge on any atom is 0.311 e. The Morgan fingerprint density at radius 3 is 2.55 bits per heavy atom. The van der Waals surface area contributed by atoms with Crippen LogP contribution in [0.4, 0.5) is 0 Å². The van der Waals surface area contributed by atoms with Gasteiger partial charge in [-0.15, -0.1) is 0 Å². The molecule has 0 aromatic carbocycles. The van der Waals surface area contributed by atoms with Crippen molar-refractivity contribution in [1.82, 2.24) is 5.32 Å². The first-order chi connectivity index (χ1) is 9.57. The first kappa shape index (κ1) is 14.6. The Labute approximate surface area is 117 Å². The summed E-state index contributed by atoms with van der Waals surface area (Å²) in [7, 11) is 0. The zero-order valence-electron chi connectivity index (χ0n) is 11.4. The highest BCUT2D eigenvalue weighted by atomic mass is 16.4. The van der Waals surface area contributed by atoms with Crippen LogP contribution < -0.4 is 11.1 Å². The van der Waals surface area contributed by atoms with Crippen LogP contribution in [0.5, 0.6) is 0 Å². The van der Waals surface area contributed by atoms with E-state index in [9.17, 15) is 14.7 Å². The standard InChI is InChI=1S/C14H20N2O4/c15-8-10-4-5-11(20-10)12(17)16-9-14(13(18)19)6-2-1-3-7-14/h4-5H,1-3,6-9,15H2,(H,16,17)(H,18,19). The lowest BCUT2D eigenvalue weighted by molar-refractivity contribution is -0.150. The Bertz CT molecular complexity index is 489. The van der Waals surface area contributed by atoms with E-state index in [4.69, 9.17) is 10.2 Å². The Hall–Kier alpha value is -1.82. The topological polar surface area (TPSA) is 106 Å². The Kier molecular flexibility index (Phi) is 4.44. The summed E-state index contributed by atoms with van der Waals surface area (Å²) in [5.41, 5.74) is 4.58. The third kappa shape index (κ3) is 3.01. The quantitative estimate of drug-likeness (QED) is 0.758. The number of carboxylic acid groups (broad SMARTS) is 1. The number of rotatable bonds is 5. The zero-order chi connectivity index (χ0) is 14.6. The molecule has 0 atom stereocenters. The van der Waals surface area contributed by atoms with Gasteiger partial charge in [0.25, 0.3) is 5.91 Å². The number of hydrogen-bond donors (Lipinski definition) is 3. The van der Waals surface area contributed by atoms with E-state index in [-0.39, 0.29) is 18.8 Å². The fourth-order valence-corrected chi connectivity index (χ4v) is 2.64. The van der Waals surface area contributed by atoms with Crippen molar-refractivity contribution in [3.05, 3.63) is 23.7 Å². The average Bonchev–Trinajstić information content (AvgIpc) is 2.94. The molecule has 0 aliphatic heterocycles. The van der Waals surface area contributed by atoms with Crippen LogP contribution in [-0.4, -0.2) is 23.5 Å². The highest BCUT2D eigenvalue weighted by Gasteiger charge is 2.39. The van der Waals surface area contributed by atoms with Crippen LogP contribution in [0.1, 0.15) is 48.4 Å². The second-order valence-corrected chi connectivity index (χ2v) is 5.30. The van der Waals surface area contributed by atoms with Crippen LogP contribution in [0, 0.1) is 5.41 Å². The Balaban J connectivity index is 1.98. The molecule has 1 aromatic rings. The number of carbonyl (C=O) groups excluding carboxylic acids is 1. The lowest BCUT2D eigenvalue weighted by atomic mass is 9.74. The minimum Gasteiger partial charge on any atom is -0.481 e. The SMILES string of the molecule is NCc1ccc(C(=O)NCC2(C(=O)O)CCCCC2)o1. The third-order valence-corrected chi connectivity index (χ3v) is 3.94. The summed E-state index contributed by atoms with van der Waals surface area (Å²) in [4.78, 5) is 23.4. The van der Waals surface area contributed by atoms with Crippen molar-refractivity contribution in [1.29, 1.82) is 0 Å². The highest BCUT2D eigenvalue weighted by molar-refractivity contribution is 5.92. The van der Waals surface area contributed by atoms with Crippen molar-refractivity contribution >= 4 is 11.9 Å². The number of nitrogens with one attached hydrogen (secondary N) is 1. The summed E-state index contributed by atoms with van der Waals surface area (Å²) < 4.78 is 5.24. The number of nitrogens with two attached hydrogens (primary N) is 1. The normalized spacial score (nSPS) is 17.6. The van der Waals surface area contributed by atoms with Gasteiger partial charge < -0.3 is 20.6 Å². The molecule has 1 fully saturated rings. The van der Waals surface area contributed by atoms with Crippen molar-refractivity contribution in [2.24, 2.45) is 11.1 Å². The van der Waals surface area contributed by atoms with Crippen LogP contribution >= 0.6 is 0 Å². The minimum absolute atomic E-state index is 0.139. The molecular weight excluding hydrogens is 260 g/mol. The number of aliphatic carboxylic acids is 1. The van der Waals surface area contributed by atoms with Gasteiger partial charge >= 0.3 is 5.97 Å². The molecule has 20 heavy (non-hydrogen) atoms. The van der Waals surface area contributed by atoms with Crippen LogP contribution in [0.3, 0.4) is 0 Å². The van der Waals surface area contributed by atoms with Gasteiger partial charge in [0.1, 0.15) is 5.76 Å². The molecule has 1 aliphatic rings. The summed E-state index contributed by atoms with van der Waals surface area (Å²) in [6.07, 6.45) is 4.05. The minimum atomic E-state index is -0.836. The number of hydrogen-bond acceptors (Lipinski definition) is 4. The van der Waals surface area contributed by atoms with E-state index in [1.165, 1.54) is 0 Å². The molecule has 0 unspecified atom stereocenters. The van der Waals surface area contributed by atoms with Gasteiger partial charge in [-0.2, -0.15) is 0 Å². The molecule has 0 spiro atoms. The van der Waals surface area contributed by atoms with Gasteiger partial charge in [0.15, 0.2) is 5.76 Å². The Morgan fingerprint density at radius 2 is 2.00 bits per heavy atom. The van der Waals surface area contributed by atoms with Crippen molar-refractivity contribution in [2.75, 3.05) is 6.54 Å². The van der Waals surface area contributed by atoms with E-state index in [1.807, 2.05) is 0 Å². The van der Waals surface area contributed by atoms with E-state index >= 15 is 0 Å². The fraction of sp³-hybridized carbons (Fsp3) is 0.571. The number of carboxylic acids is 1. The maximum atomic E-state index is 11.9. The molecule has 4 N–H and O–H groups in total. The average molecular weight is 280 g/mol. The molecule has 1 aromatic heterocycles. The number of furan rings is 1. The second kappa shape index (κ2) is 6.09. The smallest absolute Gasteiger partial charge is 0.311 e. The second-order valence-electron chi connectivity index (χ2n) is 5.30. The van der Waals surface area contributed by atoms with Crippen LogP contribution in [-0.2, 0) is 11.3 Å². The van der Waals surface area contributed by atoms with E-state index in [0.717, 1.165) is 19.3 Å². The van der Waals surface area contributed by atoms with Crippen molar-refractivity contribution < 1.29 is 19.1 Å². The number of carbonyl (C=O) groups is 2. The first-order valence-corrected chi connectivity index (χ1v) is 6.88. The summed E-state index contributed by atoms with van der Waals surface area (Å²) in [6.45, 7) is 0.367. The van der Waals surface area contributed by atoms with Crippen LogP contribution in [0.15, 0.2) is 16.5 Å². The molecule has 0 saturated heterocycles. The molecule has 6 nitrogen and oxygen atoms in total. The molecule has 2 rings (SSSR count). The van der Waals surface area contributed by atoms with E-state index in [0.29, 0.717) is 18.6 Å². The lowest BCUT2D eigenvalue weighted by Crippen LogP contribution is -2.44. The van der Waals surface area contributed by atoms with Gasteiger partial charge in [-0.25, -0.2) is 0 Å². The number of amides is 1. The van der Waals surface area contributed by atoms with Gasteiger partial charge in [-0.1, -0.05) is 19.3 Å². The molecule has 1 amide bonds. The summed E-state index contributed by atoms with van der Waals surface area (Å²) in [6, 6.07) is 3.19. The first-order valence-electron chi connectivity index (χ1n) is 6.88. The summed E-state index contributed by atoms with van der Waals surface area (Å²) >= 11 is 0. The third-order valence-electron chi connectivity index (χ3n) is 3.94. The molecular formula is C14H20N2O4. The largest absolute Gasteiger partial charge is 0.481 e. The lowest BCUT2D eigenvalue weighted by Gasteiger charge is -2.33. The summed E-state index contributed by atoms with van der Waals surface area (Å²) in [5.74, 6) is -0.530. The van der Waals surface area contributed by atoms with Gasteiger partial charge in [-0.3, -0.25) is 9.59 Å². The summed E-state index contributed by atoms with van der Waals surface area (Å²) in [5, 5.41) is 12.1. The molecule has 0 radical (unpaired) electrons. The van der Waals surface area contributed by atoms with Crippen molar-refractivity contribution in [3.8, 4) is 0 Å². The molecule has 0 bridgehead atoms. The zero-order valence-corrected chi connectivity index (χ0v) is 11.4.